The Morgan fingerprint density at radius 3 is 1.53 bits per heavy atom. The van der Waals surface area contributed by atoms with E-state index in [-0.39, 0.29) is 23.1 Å². The number of rotatable bonds is 2. The summed E-state index contributed by atoms with van der Waals surface area (Å²) in [6.45, 7) is 7.51. The third kappa shape index (κ3) is 1.86. The van der Waals surface area contributed by atoms with Gasteiger partial charge in [-0.2, -0.15) is 0 Å². The maximum absolute atomic E-state index is 9.22. The van der Waals surface area contributed by atoms with Crippen LogP contribution in [0.2, 0.25) is 0 Å². The van der Waals surface area contributed by atoms with Crippen LogP contribution in [0.4, 0.5) is 0 Å². The van der Waals surface area contributed by atoms with Crippen LogP contribution >= 0.6 is 0 Å². The number of hydrogen-bond donors (Lipinski definition) is 2. The Morgan fingerprint density at radius 1 is 0.895 bits per heavy atom. The van der Waals surface area contributed by atoms with Gasteiger partial charge in [0.05, 0.1) is 0 Å². The summed E-state index contributed by atoms with van der Waals surface area (Å²) in [5.74, 6) is 0. The Hall–Kier alpha value is -2.32. The molecule has 2 heterocycles. The van der Waals surface area contributed by atoms with Crippen molar-refractivity contribution in [2.45, 2.75) is 39.8 Å². The molecule has 0 unspecified atom stereocenters. The molecule has 2 rings (SSSR count). The average Bonchev–Trinajstić information content (AvgIpc) is 2.82. The van der Waals surface area contributed by atoms with Crippen molar-refractivity contribution in [2.75, 3.05) is 0 Å². The third-order valence-corrected chi connectivity index (χ3v) is 2.79. The fraction of sp³-hybridized carbons (Fsp3) is 0.600. The summed E-state index contributed by atoms with van der Waals surface area (Å²) in [6.07, 6.45) is 0. The molecular formula is C10H16N6O3. The van der Waals surface area contributed by atoms with Crippen molar-refractivity contribution in [3.05, 3.63) is 11.0 Å². The first-order valence-corrected chi connectivity index (χ1v) is 5.88. The van der Waals surface area contributed by atoms with E-state index >= 15 is 0 Å². The summed E-state index contributed by atoms with van der Waals surface area (Å²) in [5, 5.41) is 32.5. The van der Waals surface area contributed by atoms with E-state index in [9.17, 15) is 10.4 Å². The van der Waals surface area contributed by atoms with Gasteiger partial charge >= 0.3 is 0 Å². The minimum absolute atomic E-state index is 0.0809. The minimum Gasteiger partial charge on any atom is -0.409 e. The largest absolute Gasteiger partial charge is 0.409 e. The summed E-state index contributed by atoms with van der Waals surface area (Å²) in [7, 11) is 0. The molecule has 0 saturated carbocycles. The molecule has 0 radical (unpaired) electrons. The second-order valence-electron chi connectivity index (χ2n) is 4.69. The molecule has 19 heavy (non-hydrogen) atoms. The van der Waals surface area contributed by atoms with Gasteiger partial charge in [-0.1, -0.05) is 10.3 Å². The standard InChI is InChI=1S/C10H16N6O3/c1-5(2)15-7(11-17)8(12-18)16(6(3)4)10-9(15)13-19-14-10/h5-6,17-18H,1-4H3/b11-7+,12-8+. The molecule has 2 aromatic heterocycles. The molecule has 0 atom stereocenters. The SMILES string of the molecule is CC(C)n1c(=N/O)/c(=N\O)n(C(C)C)c2nonc21. The van der Waals surface area contributed by atoms with Crippen LogP contribution in [-0.4, -0.2) is 29.9 Å². The Labute approximate surface area is 108 Å². The Balaban J connectivity index is 3.16. The van der Waals surface area contributed by atoms with Crippen LogP contribution in [0.15, 0.2) is 14.9 Å². The van der Waals surface area contributed by atoms with E-state index in [2.05, 4.69) is 20.6 Å². The Morgan fingerprint density at radius 2 is 1.26 bits per heavy atom. The molecule has 0 saturated heterocycles. The van der Waals surface area contributed by atoms with Gasteiger partial charge in [-0.05, 0) is 38.0 Å². The van der Waals surface area contributed by atoms with Crippen molar-refractivity contribution in [2.24, 2.45) is 10.3 Å². The summed E-state index contributed by atoms with van der Waals surface area (Å²) >= 11 is 0. The van der Waals surface area contributed by atoms with Gasteiger partial charge in [0.1, 0.15) is 0 Å². The van der Waals surface area contributed by atoms with Crippen LogP contribution in [0.5, 0.6) is 0 Å². The highest BCUT2D eigenvalue weighted by molar-refractivity contribution is 5.64. The highest BCUT2D eigenvalue weighted by Crippen LogP contribution is 2.13. The molecule has 2 N–H and O–H groups in total. The van der Waals surface area contributed by atoms with Crippen LogP contribution in [0.1, 0.15) is 39.8 Å². The first kappa shape index (κ1) is 13.1. The normalized spacial score (nSPS) is 14.2. The maximum Gasteiger partial charge on any atom is 0.224 e. The van der Waals surface area contributed by atoms with Gasteiger partial charge in [-0.15, -0.1) is 0 Å². The third-order valence-electron chi connectivity index (χ3n) is 2.79. The van der Waals surface area contributed by atoms with Crippen LogP contribution in [0.25, 0.3) is 11.3 Å². The van der Waals surface area contributed by atoms with Crippen LogP contribution in [0, 0.1) is 0 Å². The molecular weight excluding hydrogens is 252 g/mol. The maximum atomic E-state index is 9.22. The zero-order valence-corrected chi connectivity index (χ0v) is 11.1. The van der Waals surface area contributed by atoms with E-state index in [0.29, 0.717) is 11.3 Å². The molecule has 0 fully saturated rings. The molecule has 0 aliphatic rings. The van der Waals surface area contributed by atoms with E-state index in [4.69, 9.17) is 4.63 Å². The van der Waals surface area contributed by atoms with E-state index < -0.39 is 0 Å². The molecule has 0 aromatic carbocycles. The predicted molar refractivity (Wildman–Crippen MR) is 63.3 cm³/mol. The second kappa shape index (κ2) is 4.75. The van der Waals surface area contributed by atoms with Gasteiger partial charge in [0.15, 0.2) is 0 Å². The topological polar surface area (TPSA) is 114 Å². The first-order chi connectivity index (χ1) is 9.02. The minimum atomic E-state index is -0.0809. The fourth-order valence-electron chi connectivity index (χ4n) is 2.06. The first-order valence-electron chi connectivity index (χ1n) is 5.88. The van der Waals surface area contributed by atoms with Crippen LogP contribution in [0.3, 0.4) is 0 Å². The van der Waals surface area contributed by atoms with Gasteiger partial charge in [-0.25, -0.2) is 4.63 Å². The number of fused-ring (bicyclic) bond motifs is 1. The number of hydrogen-bond acceptors (Lipinski definition) is 7. The summed E-state index contributed by atoms with van der Waals surface area (Å²) < 4.78 is 7.92. The molecule has 9 heteroatoms. The van der Waals surface area contributed by atoms with Gasteiger partial charge in [0.25, 0.3) is 0 Å². The summed E-state index contributed by atoms with van der Waals surface area (Å²) in [4.78, 5) is 0. The molecule has 0 aliphatic carbocycles. The van der Waals surface area contributed by atoms with Crippen molar-refractivity contribution in [3.63, 3.8) is 0 Å². The van der Waals surface area contributed by atoms with Gasteiger partial charge in [-0.3, -0.25) is 9.13 Å². The summed E-state index contributed by atoms with van der Waals surface area (Å²) in [6, 6.07) is -0.162. The fourth-order valence-corrected chi connectivity index (χ4v) is 2.06. The molecule has 0 aliphatic heterocycles. The van der Waals surface area contributed by atoms with E-state index in [1.54, 1.807) is 9.13 Å². The molecule has 0 amide bonds. The van der Waals surface area contributed by atoms with E-state index in [0.717, 1.165) is 0 Å². The molecule has 2 aromatic rings. The highest BCUT2D eigenvalue weighted by atomic mass is 16.6. The quantitative estimate of drug-likeness (QED) is 0.610. The lowest BCUT2D eigenvalue weighted by atomic mass is 10.3. The molecule has 0 bridgehead atoms. The summed E-state index contributed by atoms with van der Waals surface area (Å²) in [5.41, 5.74) is 1.02. The van der Waals surface area contributed by atoms with Gasteiger partial charge < -0.3 is 10.4 Å². The predicted octanol–water partition coefficient (Wildman–Crippen LogP) is 0.567. The Kier molecular flexibility index (Phi) is 3.28. The van der Waals surface area contributed by atoms with E-state index in [1.807, 2.05) is 27.7 Å². The zero-order valence-electron chi connectivity index (χ0n) is 11.1. The number of nitrogens with zero attached hydrogens (tertiary/aromatic N) is 6. The second-order valence-corrected chi connectivity index (χ2v) is 4.69. The average molecular weight is 268 g/mol. The lowest BCUT2D eigenvalue weighted by Gasteiger charge is -2.16. The lowest BCUT2D eigenvalue weighted by Crippen LogP contribution is -2.44. The lowest BCUT2D eigenvalue weighted by molar-refractivity contribution is 0.268. The van der Waals surface area contributed by atoms with Crippen molar-refractivity contribution < 1.29 is 15.0 Å². The Bertz CT molecular complexity index is 661. The van der Waals surface area contributed by atoms with Gasteiger partial charge in [0, 0.05) is 12.1 Å². The van der Waals surface area contributed by atoms with Crippen molar-refractivity contribution in [1.82, 2.24) is 19.4 Å². The van der Waals surface area contributed by atoms with Crippen LogP contribution in [-0.2, 0) is 0 Å². The zero-order chi connectivity index (χ0) is 14.2. The van der Waals surface area contributed by atoms with Gasteiger partial charge in [0.2, 0.25) is 22.3 Å². The van der Waals surface area contributed by atoms with Crippen molar-refractivity contribution in [3.8, 4) is 0 Å². The highest BCUT2D eigenvalue weighted by Gasteiger charge is 2.19. The van der Waals surface area contributed by atoms with Crippen molar-refractivity contribution in [1.29, 1.82) is 0 Å². The molecule has 104 valence electrons. The molecule has 0 spiro atoms. The van der Waals surface area contributed by atoms with Crippen molar-refractivity contribution >= 4 is 11.3 Å². The smallest absolute Gasteiger partial charge is 0.224 e. The van der Waals surface area contributed by atoms with E-state index in [1.165, 1.54) is 0 Å². The number of aromatic nitrogens is 4. The monoisotopic (exact) mass is 268 g/mol. The molecule has 9 nitrogen and oxygen atoms in total. The van der Waals surface area contributed by atoms with Crippen LogP contribution < -0.4 is 11.0 Å².